The van der Waals surface area contributed by atoms with Gasteiger partial charge in [-0.2, -0.15) is 0 Å². The predicted molar refractivity (Wildman–Crippen MR) is 134 cm³/mol. The van der Waals surface area contributed by atoms with Crippen LogP contribution >= 0.6 is 11.8 Å². The van der Waals surface area contributed by atoms with Crippen LogP contribution in [0.5, 0.6) is 0 Å². The van der Waals surface area contributed by atoms with Gasteiger partial charge >= 0.3 is 0 Å². The number of unbranched alkanes of at least 4 members (excludes halogenated alkanes) is 2. The van der Waals surface area contributed by atoms with Crippen molar-refractivity contribution in [2.45, 2.75) is 58.7 Å². The fourth-order valence-corrected chi connectivity index (χ4v) is 4.89. The molecule has 0 unspecified atom stereocenters. The van der Waals surface area contributed by atoms with Gasteiger partial charge in [-0.05, 0) is 31.7 Å². The summed E-state index contributed by atoms with van der Waals surface area (Å²) >= 11 is 1.31. The van der Waals surface area contributed by atoms with Crippen LogP contribution in [0.15, 0.2) is 28.2 Å². The van der Waals surface area contributed by atoms with Crippen molar-refractivity contribution in [2.24, 2.45) is 5.41 Å². The lowest BCUT2D eigenvalue weighted by atomic mass is 9.92. The number of ketones is 1. The van der Waals surface area contributed by atoms with Gasteiger partial charge in [0.05, 0.1) is 16.7 Å². The first kappa shape index (κ1) is 25.4. The number of likely N-dealkylation sites (N-methyl/N-ethyl adjacent to an activating group) is 1. The highest BCUT2D eigenvalue weighted by atomic mass is 32.2. The highest BCUT2D eigenvalue weighted by Crippen LogP contribution is 2.24. The normalized spacial score (nSPS) is 15.2. The second-order valence-corrected chi connectivity index (χ2v) is 10.8. The number of carbonyl (C=O) groups is 2. The molecule has 1 saturated heterocycles. The van der Waals surface area contributed by atoms with Gasteiger partial charge in [0.2, 0.25) is 0 Å². The number of nitrogens with zero attached hydrogens (tertiary/aromatic N) is 4. The average molecular weight is 473 g/mol. The van der Waals surface area contributed by atoms with Gasteiger partial charge in [-0.1, -0.05) is 52.3 Å². The molecule has 1 aliphatic rings. The Morgan fingerprint density at radius 2 is 1.79 bits per heavy atom. The number of amides is 1. The molecule has 1 aromatic heterocycles. The van der Waals surface area contributed by atoms with Crippen molar-refractivity contribution in [2.75, 3.05) is 39.0 Å². The Labute approximate surface area is 200 Å². The standard InChI is InChI=1S/C25H36N4O3S/c1-6-7-8-11-29-23(32)19-10-9-18(22(31)28-14-12-27(5)13-15-28)16-20(19)26-24(29)33-17-21(30)25(2,3)4/h9-10,16H,6-8,11-15,17H2,1-5H3. The first-order valence-electron chi connectivity index (χ1n) is 11.8. The predicted octanol–water partition coefficient (Wildman–Crippen LogP) is 3.68. The van der Waals surface area contributed by atoms with Gasteiger partial charge in [-0.3, -0.25) is 19.0 Å². The van der Waals surface area contributed by atoms with E-state index in [2.05, 4.69) is 18.9 Å². The van der Waals surface area contributed by atoms with E-state index in [4.69, 9.17) is 4.98 Å². The van der Waals surface area contributed by atoms with Crippen LogP contribution in [0.4, 0.5) is 0 Å². The molecule has 1 fully saturated rings. The quantitative estimate of drug-likeness (QED) is 0.331. The number of carbonyl (C=O) groups excluding carboxylic acids is 2. The van der Waals surface area contributed by atoms with E-state index in [-0.39, 0.29) is 23.0 Å². The number of fused-ring (bicyclic) bond motifs is 1. The number of piperazine rings is 1. The fourth-order valence-electron chi connectivity index (χ4n) is 3.70. The Morgan fingerprint density at radius 1 is 1.09 bits per heavy atom. The Balaban J connectivity index is 1.95. The SMILES string of the molecule is CCCCCn1c(SCC(=O)C(C)(C)C)nc2cc(C(=O)N3CCN(C)CC3)ccc2c1=O. The van der Waals surface area contributed by atoms with Crippen molar-refractivity contribution in [1.82, 2.24) is 19.4 Å². The van der Waals surface area contributed by atoms with E-state index in [1.54, 1.807) is 22.8 Å². The van der Waals surface area contributed by atoms with Crippen molar-refractivity contribution in [3.8, 4) is 0 Å². The summed E-state index contributed by atoms with van der Waals surface area (Å²) < 4.78 is 1.70. The summed E-state index contributed by atoms with van der Waals surface area (Å²) in [5, 5.41) is 1.05. The van der Waals surface area contributed by atoms with Crippen molar-refractivity contribution in [1.29, 1.82) is 0 Å². The molecule has 3 rings (SSSR count). The number of rotatable bonds is 8. The molecule has 2 aromatic rings. The van der Waals surface area contributed by atoms with Crippen LogP contribution < -0.4 is 5.56 Å². The Morgan fingerprint density at radius 3 is 2.42 bits per heavy atom. The average Bonchev–Trinajstić information content (AvgIpc) is 2.78. The first-order valence-corrected chi connectivity index (χ1v) is 12.8. The number of hydrogen-bond donors (Lipinski definition) is 0. The second-order valence-electron chi connectivity index (χ2n) is 9.85. The van der Waals surface area contributed by atoms with Crippen LogP contribution in [0.2, 0.25) is 0 Å². The number of thioether (sulfide) groups is 1. The smallest absolute Gasteiger partial charge is 0.262 e. The van der Waals surface area contributed by atoms with Crippen molar-refractivity contribution in [3.63, 3.8) is 0 Å². The molecule has 180 valence electrons. The van der Waals surface area contributed by atoms with Gasteiger partial charge in [0.25, 0.3) is 11.5 Å². The molecule has 1 aliphatic heterocycles. The molecule has 1 amide bonds. The summed E-state index contributed by atoms with van der Waals surface area (Å²) in [7, 11) is 2.05. The van der Waals surface area contributed by atoms with Gasteiger partial charge in [-0.25, -0.2) is 4.98 Å². The van der Waals surface area contributed by atoms with Crippen molar-refractivity contribution < 1.29 is 9.59 Å². The zero-order valence-corrected chi connectivity index (χ0v) is 21.3. The Kier molecular flexibility index (Phi) is 8.34. The molecule has 33 heavy (non-hydrogen) atoms. The largest absolute Gasteiger partial charge is 0.336 e. The summed E-state index contributed by atoms with van der Waals surface area (Å²) in [5.41, 5.74) is 0.501. The highest BCUT2D eigenvalue weighted by Gasteiger charge is 2.24. The molecule has 2 heterocycles. The van der Waals surface area contributed by atoms with E-state index in [9.17, 15) is 14.4 Å². The fraction of sp³-hybridized carbons (Fsp3) is 0.600. The zero-order chi connectivity index (χ0) is 24.2. The lowest BCUT2D eigenvalue weighted by molar-refractivity contribution is -0.123. The van der Waals surface area contributed by atoms with Gasteiger partial charge in [0.15, 0.2) is 5.16 Å². The third-order valence-corrected chi connectivity index (χ3v) is 7.09. The molecule has 0 spiro atoms. The lowest BCUT2D eigenvalue weighted by Gasteiger charge is -2.32. The first-order chi connectivity index (χ1) is 15.6. The van der Waals surface area contributed by atoms with Crippen LogP contribution in [-0.2, 0) is 11.3 Å². The maximum atomic E-state index is 13.3. The van der Waals surface area contributed by atoms with Crippen molar-refractivity contribution in [3.05, 3.63) is 34.1 Å². The molecule has 0 bridgehead atoms. The third kappa shape index (κ3) is 6.23. The molecule has 0 aliphatic carbocycles. The molecular formula is C25H36N4O3S. The summed E-state index contributed by atoms with van der Waals surface area (Å²) in [6.45, 7) is 11.5. The molecule has 0 saturated carbocycles. The topological polar surface area (TPSA) is 75.5 Å². The number of hydrogen-bond acceptors (Lipinski definition) is 6. The van der Waals surface area contributed by atoms with Crippen LogP contribution in [0.1, 0.15) is 57.3 Å². The molecule has 7 nitrogen and oxygen atoms in total. The zero-order valence-electron chi connectivity index (χ0n) is 20.5. The monoisotopic (exact) mass is 472 g/mol. The minimum atomic E-state index is -0.445. The number of Topliss-reactive ketones (excluding diaryl/α,β-unsaturated/α-hetero) is 1. The number of aromatic nitrogens is 2. The third-order valence-electron chi connectivity index (χ3n) is 6.11. The molecular weight excluding hydrogens is 436 g/mol. The van der Waals surface area contributed by atoms with E-state index >= 15 is 0 Å². The summed E-state index contributed by atoms with van der Waals surface area (Å²) in [5.74, 6) is 0.340. The van der Waals surface area contributed by atoms with Gasteiger partial charge < -0.3 is 9.80 Å². The van der Waals surface area contributed by atoms with Crippen LogP contribution in [-0.4, -0.2) is 70.0 Å². The summed E-state index contributed by atoms with van der Waals surface area (Å²) in [6, 6.07) is 5.18. The van der Waals surface area contributed by atoms with Crippen LogP contribution in [0.25, 0.3) is 10.9 Å². The van der Waals surface area contributed by atoms with Crippen molar-refractivity contribution >= 4 is 34.4 Å². The molecule has 0 radical (unpaired) electrons. The van der Waals surface area contributed by atoms with E-state index in [0.29, 0.717) is 41.3 Å². The van der Waals surface area contributed by atoms with Crippen LogP contribution in [0, 0.1) is 5.41 Å². The highest BCUT2D eigenvalue weighted by molar-refractivity contribution is 7.99. The summed E-state index contributed by atoms with van der Waals surface area (Å²) in [4.78, 5) is 47.7. The Bertz CT molecular complexity index is 1070. The summed E-state index contributed by atoms with van der Waals surface area (Å²) in [6.07, 6.45) is 2.96. The maximum absolute atomic E-state index is 13.3. The number of benzene rings is 1. The molecule has 0 N–H and O–H groups in total. The Hall–Kier alpha value is -2.19. The lowest BCUT2D eigenvalue weighted by Crippen LogP contribution is -2.47. The van der Waals surface area contributed by atoms with Gasteiger partial charge in [0, 0.05) is 43.7 Å². The molecule has 8 heteroatoms. The minimum Gasteiger partial charge on any atom is -0.336 e. The maximum Gasteiger partial charge on any atom is 0.262 e. The van der Waals surface area contributed by atoms with E-state index in [1.807, 2.05) is 25.7 Å². The van der Waals surface area contributed by atoms with E-state index < -0.39 is 5.41 Å². The molecule has 1 aromatic carbocycles. The van der Waals surface area contributed by atoms with Gasteiger partial charge in [-0.15, -0.1) is 0 Å². The second kappa shape index (κ2) is 10.8. The van der Waals surface area contributed by atoms with E-state index in [0.717, 1.165) is 32.4 Å². The van der Waals surface area contributed by atoms with Crippen LogP contribution in [0.3, 0.4) is 0 Å². The van der Waals surface area contributed by atoms with E-state index in [1.165, 1.54) is 11.8 Å². The van der Waals surface area contributed by atoms with Gasteiger partial charge in [0.1, 0.15) is 5.78 Å². The minimum absolute atomic E-state index is 0.0314. The molecule has 0 atom stereocenters.